The van der Waals surface area contributed by atoms with E-state index in [9.17, 15) is 29.5 Å². The molecule has 3 rings (SSSR count). The second-order valence-electron chi connectivity index (χ2n) is 9.12. The third-order valence-corrected chi connectivity index (χ3v) is 6.72. The SMILES string of the molecule is CC(=O)OC[C@H]1OC(O)(c2ccc(C#N)c(Cc3ccc(I)cc3)c2)[C@H](OC(C)=O)[C@@H](OC(C)=O)[C@@H]1OC(C)=O. The summed E-state index contributed by atoms with van der Waals surface area (Å²) in [5.74, 6) is -5.63. The monoisotopic (exact) mass is 665 g/mol. The van der Waals surface area contributed by atoms with Gasteiger partial charge in [-0.3, -0.25) is 19.2 Å². The molecule has 0 amide bonds. The van der Waals surface area contributed by atoms with Gasteiger partial charge in [0.25, 0.3) is 0 Å². The van der Waals surface area contributed by atoms with Gasteiger partial charge < -0.3 is 28.8 Å². The molecule has 11 nitrogen and oxygen atoms in total. The Hall–Kier alpha value is -3.54. The third kappa shape index (κ3) is 7.56. The molecule has 12 heteroatoms. The lowest BCUT2D eigenvalue weighted by atomic mass is 9.85. The zero-order valence-electron chi connectivity index (χ0n) is 22.2. The number of esters is 4. The fourth-order valence-electron chi connectivity index (χ4n) is 4.41. The van der Waals surface area contributed by atoms with Gasteiger partial charge in [0.2, 0.25) is 11.9 Å². The number of carbonyl (C=O) groups is 4. The van der Waals surface area contributed by atoms with Crippen LogP contribution in [0, 0.1) is 14.9 Å². The molecule has 0 spiro atoms. The van der Waals surface area contributed by atoms with Crippen molar-refractivity contribution in [1.29, 1.82) is 5.26 Å². The van der Waals surface area contributed by atoms with Crippen molar-refractivity contribution in [3.8, 4) is 6.07 Å². The second-order valence-corrected chi connectivity index (χ2v) is 10.4. The first-order valence-electron chi connectivity index (χ1n) is 12.2. The van der Waals surface area contributed by atoms with Gasteiger partial charge in [0, 0.05) is 36.8 Å². The number of hydrogen-bond donors (Lipinski definition) is 1. The molecule has 1 aliphatic heterocycles. The van der Waals surface area contributed by atoms with Crippen LogP contribution in [0.25, 0.3) is 0 Å². The molecule has 5 atom stereocenters. The van der Waals surface area contributed by atoms with Gasteiger partial charge >= 0.3 is 23.9 Å². The molecular weight excluding hydrogens is 637 g/mol. The highest BCUT2D eigenvalue weighted by Crippen LogP contribution is 2.41. The molecule has 1 N–H and O–H groups in total. The van der Waals surface area contributed by atoms with E-state index in [1.165, 1.54) is 18.2 Å². The maximum absolute atomic E-state index is 12.2. The van der Waals surface area contributed by atoms with E-state index < -0.39 is 60.7 Å². The topological polar surface area (TPSA) is 158 Å². The molecule has 1 heterocycles. The molecule has 1 fully saturated rings. The number of benzene rings is 2. The van der Waals surface area contributed by atoms with Crippen LogP contribution >= 0.6 is 22.6 Å². The standard InChI is InChI=1S/C28H28INO10/c1-15(31)36-14-24-25(37-16(2)32)26(38-17(3)33)27(39-18(4)34)28(35,40-24)22-8-7-20(13-30)21(12-22)11-19-5-9-23(29)10-6-19/h5-10,12,24-27,35H,11,14H2,1-4H3/t24-,25-,26+,27-,28?/m1/s1. The van der Waals surface area contributed by atoms with E-state index >= 15 is 0 Å². The Balaban J connectivity index is 2.17. The van der Waals surface area contributed by atoms with Crippen molar-refractivity contribution in [2.24, 2.45) is 0 Å². The van der Waals surface area contributed by atoms with Crippen molar-refractivity contribution in [3.05, 3.63) is 68.3 Å². The Morgan fingerprint density at radius 3 is 2.08 bits per heavy atom. The molecule has 1 unspecified atom stereocenters. The summed E-state index contributed by atoms with van der Waals surface area (Å²) in [5.41, 5.74) is 1.81. The van der Waals surface area contributed by atoms with Gasteiger partial charge in [0.05, 0.1) is 11.6 Å². The highest BCUT2D eigenvalue weighted by molar-refractivity contribution is 14.1. The highest BCUT2D eigenvalue weighted by atomic mass is 127. The van der Waals surface area contributed by atoms with E-state index in [0.29, 0.717) is 17.5 Å². The maximum atomic E-state index is 12.2. The number of hydrogen-bond acceptors (Lipinski definition) is 11. The molecule has 1 saturated heterocycles. The zero-order chi connectivity index (χ0) is 29.6. The number of carbonyl (C=O) groups excluding carboxylic acids is 4. The number of rotatable bonds is 8. The molecule has 40 heavy (non-hydrogen) atoms. The smallest absolute Gasteiger partial charge is 0.303 e. The molecule has 0 saturated carbocycles. The number of nitrogens with zero attached hydrogens (tertiary/aromatic N) is 1. The summed E-state index contributed by atoms with van der Waals surface area (Å²) in [6.45, 7) is 3.93. The molecular formula is C28H28INO10. The summed E-state index contributed by atoms with van der Waals surface area (Å²) in [6.07, 6.45) is -5.72. The van der Waals surface area contributed by atoms with Gasteiger partial charge in [-0.15, -0.1) is 0 Å². The number of ether oxygens (including phenoxy) is 5. The Bertz CT molecular complexity index is 1320. The van der Waals surface area contributed by atoms with Crippen molar-refractivity contribution in [3.63, 3.8) is 0 Å². The number of halogens is 1. The fraction of sp³-hybridized carbons (Fsp3) is 0.393. The molecule has 0 radical (unpaired) electrons. The van der Waals surface area contributed by atoms with Crippen molar-refractivity contribution in [2.45, 2.75) is 64.3 Å². The fourth-order valence-corrected chi connectivity index (χ4v) is 4.77. The van der Waals surface area contributed by atoms with Crippen LogP contribution in [0.15, 0.2) is 42.5 Å². The molecule has 0 bridgehead atoms. The maximum Gasteiger partial charge on any atom is 0.303 e. The Morgan fingerprint density at radius 2 is 1.52 bits per heavy atom. The molecule has 1 aliphatic rings. The quantitative estimate of drug-likeness (QED) is 0.251. The van der Waals surface area contributed by atoms with E-state index in [-0.39, 0.29) is 5.56 Å². The highest BCUT2D eigenvalue weighted by Gasteiger charge is 2.60. The number of nitriles is 1. The Morgan fingerprint density at radius 1 is 0.925 bits per heavy atom. The van der Waals surface area contributed by atoms with Crippen LogP contribution in [0.1, 0.15) is 49.9 Å². The van der Waals surface area contributed by atoms with Crippen molar-refractivity contribution in [1.82, 2.24) is 0 Å². The van der Waals surface area contributed by atoms with Gasteiger partial charge in [0.1, 0.15) is 12.7 Å². The van der Waals surface area contributed by atoms with E-state index in [1.54, 1.807) is 0 Å². The summed E-state index contributed by atoms with van der Waals surface area (Å²) >= 11 is 2.18. The minimum atomic E-state index is -2.48. The summed E-state index contributed by atoms with van der Waals surface area (Å²) in [4.78, 5) is 47.8. The summed E-state index contributed by atoms with van der Waals surface area (Å²) in [7, 11) is 0. The van der Waals surface area contributed by atoms with Crippen LogP contribution in [-0.2, 0) is 55.1 Å². The summed E-state index contributed by atoms with van der Waals surface area (Å²) in [5, 5.41) is 21.8. The van der Waals surface area contributed by atoms with Gasteiger partial charge in [-0.25, -0.2) is 0 Å². The lowest BCUT2D eigenvalue weighted by Crippen LogP contribution is -2.66. The first kappa shape index (κ1) is 31.0. The average molecular weight is 665 g/mol. The van der Waals surface area contributed by atoms with Crippen LogP contribution in [0.3, 0.4) is 0 Å². The zero-order valence-corrected chi connectivity index (χ0v) is 24.4. The molecule has 2 aromatic carbocycles. The Labute approximate surface area is 244 Å². The average Bonchev–Trinajstić information content (AvgIpc) is 2.87. The summed E-state index contributed by atoms with van der Waals surface area (Å²) in [6, 6.07) is 14.2. The van der Waals surface area contributed by atoms with Gasteiger partial charge in [0.15, 0.2) is 12.2 Å². The largest absolute Gasteiger partial charge is 0.463 e. The van der Waals surface area contributed by atoms with Crippen molar-refractivity contribution in [2.75, 3.05) is 6.61 Å². The van der Waals surface area contributed by atoms with E-state index in [4.69, 9.17) is 23.7 Å². The minimum absolute atomic E-state index is 0.0597. The number of aliphatic hydroxyl groups is 1. The van der Waals surface area contributed by atoms with E-state index in [1.807, 2.05) is 24.3 Å². The van der Waals surface area contributed by atoms with Crippen molar-refractivity contribution >= 4 is 46.5 Å². The van der Waals surface area contributed by atoms with Crippen molar-refractivity contribution < 1.29 is 48.0 Å². The van der Waals surface area contributed by atoms with Crippen LogP contribution in [0.4, 0.5) is 0 Å². The second kappa shape index (κ2) is 13.2. The van der Waals surface area contributed by atoms with Crippen LogP contribution in [0.2, 0.25) is 0 Å². The lowest BCUT2D eigenvalue weighted by Gasteiger charge is -2.48. The molecule has 0 aromatic heterocycles. The molecule has 0 aliphatic carbocycles. The molecule has 212 valence electrons. The predicted molar refractivity (Wildman–Crippen MR) is 145 cm³/mol. The van der Waals surface area contributed by atoms with Gasteiger partial charge in [-0.05, 0) is 64.4 Å². The molecule has 2 aromatic rings. The lowest BCUT2D eigenvalue weighted by molar-refractivity contribution is -0.360. The van der Waals surface area contributed by atoms with E-state index in [2.05, 4.69) is 28.7 Å². The predicted octanol–water partition coefficient (Wildman–Crippen LogP) is 2.66. The normalized spacial score (nSPS) is 23.8. The Kier molecular flexibility index (Phi) is 10.2. The third-order valence-electron chi connectivity index (χ3n) is 6.00. The summed E-state index contributed by atoms with van der Waals surface area (Å²) < 4.78 is 28.3. The van der Waals surface area contributed by atoms with Gasteiger partial charge in [-0.2, -0.15) is 5.26 Å². The van der Waals surface area contributed by atoms with Crippen LogP contribution < -0.4 is 0 Å². The first-order valence-corrected chi connectivity index (χ1v) is 13.2. The van der Waals surface area contributed by atoms with Gasteiger partial charge in [-0.1, -0.05) is 18.2 Å². The van der Waals surface area contributed by atoms with Crippen LogP contribution in [-0.4, -0.2) is 60.0 Å². The van der Waals surface area contributed by atoms with E-state index in [0.717, 1.165) is 36.8 Å². The van der Waals surface area contributed by atoms with Crippen LogP contribution in [0.5, 0.6) is 0 Å². The first-order chi connectivity index (χ1) is 18.8. The minimum Gasteiger partial charge on any atom is -0.463 e.